The van der Waals surface area contributed by atoms with Crippen molar-refractivity contribution in [1.82, 2.24) is 14.5 Å². The van der Waals surface area contributed by atoms with E-state index in [2.05, 4.69) is 46.5 Å². The van der Waals surface area contributed by atoms with E-state index in [1.54, 1.807) is 7.11 Å². The zero-order chi connectivity index (χ0) is 25.5. The van der Waals surface area contributed by atoms with E-state index in [4.69, 9.17) is 14.2 Å². The Hall–Kier alpha value is -3.03. The van der Waals surface area contributed by atoms with Gasteiger partial charge in [-0.15, -0.1) is 0 Å². The van der Waals surface area contributed by atoms with E-state index in [0.717, 1.165) is 61.2 Å². The maximum absolute atomic E-state index is 11.1. The molecule has 0 unspecified atom stereocenters. The van der Waals surface area contributed by atoms with Crippen LogP contribution < -0.4 is 14.2 Å². The Morgan fingerprint density at radius 3 is 2.50 bits per heavy atom. The summed E-state index contributed by atoms with van der Waals surface area (Å²) < 4.78 is 19.8. The molecule has 0 saturated carbocycles. The van der Waals surface area contributed by atoms with Gasteiger partial charge >= 0.3 is 0 Å². The van der Waals surface area contributed by atoms with Gasteiger partial charge in [0.25, 0.3) is 0 Å². The Morgan fingerprint density at radius 1 is 1.00 bits per heavy atom. The van der Waals surface area contributed by atoms with Crippen molar-refractivity contribution in [3.8, 4) is 17.2 Å². The highest BCUT2D eigenvalue weighted by Crippen LogP contribution is 2.30. The van der Waals surface area contributed by atoms with Crippen LogP contribution in [0.3, 0.4) is 0 Å². The third-order valence-electron chi connectivity index (χ3n) is 6.96. The number of nitrogens with zero attached hydrogens (tertiary/aromatic N) is 3. The molecule has 1 aliphatic heterocycles. The van der Waals surface area contributed by atoms with Gasteiger partial charge in [0, 0.05) is 38.4 Å². The molecule has 0 atom stereocenters. The lowest BCUT2D eigenvalue weighted by Crippen LogP contribution is -2.47. The standard InChI is InChI=1S/C29H39N3O4/c1-5-28-30-12-15-32(28)16-17-35-27-19-24(7-9-26(27)34-4)20-31-13-10-29(33,11-14-31)21-36-25-8-6-22(2)18-23(25)3/h6-9,12,15,18-19,33H,5,10-11,13-14,16-17,20-21H2,1-4H3. The summed E-state index contributed by atoms with van der Waals surface area (Å²) in [6.45, 7) is 10.3. The summed E-state index contributed by atoms with van der Waals surface area (Å²) in [7, 11) is 1.67. The van der Waals surface area contributed by atoms with Crippen molar-refractivity contribution < 1.29 is 19.3 Å². The van der Waals surface area contributed by atoms with Crippen LogP contribution in [0.2, 0.25) is 0 Å². The fraction of sp³-hybridized carbons (Fsp3) is 0.483. The molecule has 2 aromatic carbocycles. The molecule has 0 bridgehead atoms. The second kappa shape index (κ2) is 11.8. The SMILES string of the molecule is CCc1nccn1CCOc1cc(CN2CCC(O)(COc3ccc(C)cc3C)CC2)ccc1OC. The lowest BCUT2D eigenvalue weighted by Gasteiger charge is -2.38. The number of hydrogen-bond donors (Lipinski definition) is 1. The first-order valence-corrected chi connectivity index (χ1v) is 12.8. The molecule has 7 nitrogen and oxygen atoms in total. The molecule has 1 aliphatic rings. The summed E-state index contributed by atoms with van der Waals surface area (Å²) in [4.78, 5) is 6.74. The molecule has 0 aliphatic carbocycles. The molecule has 194 valence electrons. The van der Waals surface area contributed by atoms with Crippen LogP contribution in [-0.2, 0) is 19.5 Å². The van der Waals surface area contributed by atoms with Crippen LogP contribution >= 0.6 is 0 Å². The highest BCUT2D eigenvalue weighted by atomic mass is 16.5. The average molecular weight is 494 g/mol. The molecular formula is C29H39N3O4. The van der Waals surface area contributed by atoms with E-state index in [-0.39, 0.29) is 0 Å². The fourth-order valence-electron chi connectivity index (χ4n) is 4.75. The molecule has 1 aromatic heterocycles. The first-order chi connectivity index (χ1) is 17.4. The smallest absolute Gasteiger partial charge is 0.161 e. The van der Waals surface area contributed by atoms with Crippen LogP contribution in [0, 0.1) is 13.8 Å². The average Bonchev–Trinajstić information content (AvgIpc) is 3.33. The maximum Gasteiger partial charge on any atom is 0.161 e. The van der Waals surface area contributed by atoms with Gasteiger partial charge in [-0.1, -0.05) is 30.7 Å². The number of aromatic nitrogens is 2. The van der Waals surface area contributed by atoms with E-state index in [0.29, 0.717) is 26.1 Å². The minimum Gasteiger partial charge on any atom is -0.493 e. The molecule has 0 radical (unpaired) electrons. The lowest BCUT2D eigenvalue weighted by molar-refractivity contribution is -0.0538. The van der Waals surface area contributed by atoms with E-state index in [1.165, 1.54) is 11.1 Å². The van der Waals surface area contributed by atoms with Crippen LogP contribution in [0.25, 0.3) is 0 Å². The number of hydrogen-bond acceptors (Lipinski definition) is 6. The van der Waals surface area contributed by atoms with Crippen molar-refractivity contribution in [2.75, 3.05) is 33.4 Å². The molecule has 1 N–H and O–H groups in total. The molecule has 2 heterocycles. The van der Waals surface area contributed by atoms with Crippen molar-refractivity contribution >= 4 is 0 Å². The number of aliphatic hydroxyl groups is 1. The Bertz CT molecular complexity index is 1140. The molecule has 0 spiro atoms. The molecular weight excluding hydrogens is 454 g/mol. The minimum atomic E-state index is -0.799. The van der Waals surface area contributed by atoms with Gasteiger partial charge in [-0.25, -0.2) is 4.98 Å². The minimum absolute atomic E-state index is 0.321. The number of aryl methyl sites for hydroxylation is 3. The highest BCUT2D eigenvalue weighted by Gasteiger charge is 2.33. The first-order valence-electron chi connectivity index (χ1n) is 12.8. The number of imidazole rings is 1. The summed E-state index contributed by atoms with van der Waals surface area (Å²) in [5.41, 5.74) is 2.68. The number of methoxy groups -OCH3 is 1. The third-order valence-corrected chi connectivity index (χ3v) is 6.96. The first kappa shape index (κ1) is 26.0. The van der Waals surface area contributed by atoms with Crippen LogP contribution in [0.1, 0.15) is 42.3 Å². The van der Waals surface area contributed by atoms with Gasteiger partial charge in [-0.2, -0.15) is 0 Å². The van der Waals surface area contributed by atoms with Gasteiger partial charge in [0.05, 0.1) is 13.7 Å². The highest BCUT2D eigenvalue weighted by molar-refractivity contribution is 5.43. The number of rotatable bonds is 11. The molecule has 7 heteroatoms. The second-order valence-corrected chi connectivity index (χ2v) is 9.78. The van der Waals surface area contributed by atoms with Crippen molar-refractivity contribution in [1.29, 1.82) is 0 Å². The molecule has 4 rings (SSSR count). The van der Waals surface area contributed by atoms with Crippen molar-refractivity contribution in [2.24, 2.45) is 0 Å². The largest absolute Gasteiger partial charge is 0.493 e. The molecule has 0 amide bonds. The van der Waals surface area contributed by atoms with Gasteiger partial charge in [0.15, 0.2) is 11.5 Å². The fourth-order valence-corrected chi connectivity index (χ4v) is 4.75. The molecule has 1 saturated heterocycles. The summed E-state index contributed by atoms with van der Waals surface area (Å²) in [6, 6.07) is 12.3. The normalized spacial score (nSPS) is 15.6. The monoisotopic (exact) mass is 493 g/mol. The topological polar surface area (TPSA) is 69.0 Å². The summed E-state index contributed by atoms with van der Waals surface area (Å²) in [6.07, 6.45) is 6.08. The van der Waals surface area contributed by atoms with Crippen LogP contribution in [0.15, 0.2) is 48.8 Å². The summed E-state index contributed by atoms with van der Waals surface area (Å²) in [5.74, 6) is 3.39. The van der Waals surface area contributed by atoms with Crippen molar-refractivity contribution in [2.45, 2.75) is 58.7 Å². The van der Waals surface area contributed by atoms with Crippen LogP contribution in [-0.4, -0.2) is 58.6 Å². The zero-order valence-corrected chi connectivity index (χ0v) is 22.0. The van der Waals surface area contributed by atoms with Crippen LogP contribution in [0.4, 0.5) is 0 Å². The number of likely N-dealkylation sites (tertiary alicyclic amines) is 1. The maximum atomic E-state index is 11.1. The van der Waals surface area contributed by atoms with E-state index >= 15 is 0 Å². The van der Waals surface area contributed by atoms with Crippen LogP contribution in [0.5, 0.6) is 17.2 Å². The summed E-state index contributed by atoms with van der Waals surface area (Å²) >= 11 is 0. The van der Waals surface area contributed by atoms with Crippen molar-refractivity contribution in [3.63, 3.8) is 0 Å². The van der Waals surface area contributed by atoms with E-state index < -0.39 is 5.60 Å². The number of piperidine rings is 1. The van der Waals surface area contributed by atoms with Gasteiger partial charge in [-0.3, -0.25) is 4.90 Å². The quantitative estimate of drug-likeness (QED) is 0.423. The molecule has 3 aromatic rings. The predicted octanol–water partition coefficient (Wildman–Crippen LogP) is 4.56. The lowest BCUT2D eigenvalue weighted by atomic mass is 9.92. The second-order valence-electron chi connectivity index (χ2n) is 9.78. The Labute approximate surface area is 214 Å². The Balaban J connectivity index is 1.29. The van der Waals surface area contributed by atoms with Gasteiger partial charge in [0.1, 0.15) is 30.4 Å². The summed E-state index contributed by atoms with van der Waals surface area (Å²) in [5, 5.41) is 11.1. The van der Waals surface area contributed by atoms with Gasteiger partial charge in [0.2, 0.25) is 0 Å². The Morgan fingerprint density at radius 2 is 1.78 bits per heavy atom. The predicted molar refractivity (Wildman–Crippen MR) is 141 cm³/mol. The van der Waals surface area contributed by atoms with E-state index in [1.807, 2.05) is 37.5 Å². The molecule has 36 heavy (non-hydrogen) atoms. The third kappa shape index (κ3) is 6.59. The van der Waals surface area contributed by atoms with Gasteiger partial charge in [-0.05, 0) is 56.0 Å². The molecule has 1 fully saturated rings. The number of benzene rings is 2. The van der Waals surface area contributed by atoms with Gasteiger partial charge < -0.3 is 23.9 Å². The zero-order valence-electron chi connectivity index (χ0n) is 22.0. The van der Waals surface area contributed by atoms with Crippen molar-refractivity contribution in [3.05, 3.63) is 71.3 Å². The number of ether oxygens (including phenoxy) is 3. The van der Waals surface area contributed by atoms with E-state index in [9.17, 15) is 5.11 Å². The Kier molecular flexibility index (Phi) is 8.54.